The van der Waals surface area contributed by atoms with Crippen molar-refractivity contribution in [3.63, 3.8) is 0 Å². The highest BCUT2D eigenvalue weighted by atomic mass is 32.2. The normalized spacial score (nSPS) is 12.0. The van der Waals surface area contributed by atoms with Gasteiger partial charge in [-0.25, -0.2) is 0 Å². The smallest absolute Gasteiger partial charge is 0.225 e. The Hall–Kier alpha value is -1.30. The Bertz CT molecular complexity index is 543. The molecule has 0 saturated heterocycles. The molecule has 0 saturated carbocycles. The van der Waals surface area contributed by atoms with Crippen LogP contribution in [0.25, 0.3) is 0 Å². The fourth-order valence-electron chi connectivity index (χ4n) is 2.03. The first kappa shape index (κ1) is 17.1. The van der Waals surface area contributed by atoms with E-state index in [2.05, 4.69) is 35.1 Å². The first-order valence-corrected chi connectivity index (χ1v) is 9.46. The molecule has 1 atom stereocenters. The summed E-state index contributed by atoms with van der Waals surface area (Å²) in [6, 6.07) is 14.0. The Morgan fingerprint density at radius 1 is 1.23 bits per heavy atom. The number of carbonyl (C=O) groups excluding carboxylic acids is 1. The molecule has 2 N–H and O–H groups in total. The van der Waals surface area contributed by atoms with Crippen LogP contribution in [0.4, 0.5) is 5.69 Å². The number of thiophene rings is 1. The third kappa shape index (κ3) is 6.64. The van der Waals surface area contributed by atoms with Crippen molar-refractivity contribution in [2.75, 3.05) is 17.6 Å². The Kier molecular flexibility index (Phi) is 7.49. The molecule has 5 heteroatoms. The molecule has 0 radical (unpaired) electrons. The molecule has 0 fully saturated rings. The van der Waals surface area contributed by atoms with Crippen molar-refractivity contribution < 1.29 is 4.79 Å². The number of benzene rings is 1. The number of carbonyl (C=O) groups is 1. The van der Waals surface area contributed by atoms with Gasteiger partial charge in [0.15, 0.2) is 0 Å². The average molecular weight is 335 g/mol. The summed E-state index contributed by atoms with van der Waals surface area (Å²) in [5, 5.41) is 8.42. The van der Waals surface area contributed by atoms with Crippen molar-refractivity contribution >= 4 is 34.7 Å². The molecule has 0 aliphatic carbocycles. The Morgan fingerprint density at radius 3 is 2.77 bits per heavy atom. The minimum Gasteiger partial charge on any atom is -0.326 e. The summed E-state index contributed by atoms with van der Waals surface area (Å²) in [5.41, 5.74) is 0.853. The van der Waals surface area contributed by atoms with Gasteiger partial charge in [-0.15, -0.1) is 11.3 Å². The summed E-state index contributed by atoms with van der Waals surface area (Å²) >= 11 is 3.72. The van der Waals surface area contributed by atoms with Crippen molar-refractivity contribution in [3.8, 4) is 0 Å². The van der Waals surface area contributed by atoms with Crippen LogP contribution in [-0.4, -0.2) is 24.2 Å². The van der Waals surface area contributed by atoms with Crippen molar-refractivity contribution in [3.05, 3.63) is 52.7 Å². The van der Waals surface area contributed by atoms with Gasteiger partial charge in [0.1, 0.15) is 0 Å². The van der Waals surface area contributed by atoms with Crippen molar-refractivity contribution in [2.45, 2.75) is 25.1 Å². The molecule has 0 spiro atoms. The maximum Gasteiger partial charge on any atom is 0.225 e. The lowest BCUT2D eigenvalue weighted by Gasteiger charge is -2.13. The topological polar surface area (TPSA) is 41.1 Å². The fourth-order valence-corrected chi connectivity index (χ4v) is 3.74. The number of para-hydroxylation sites is 1. The van der Waals surface area contributed by atoms with Crippen LogP contribution in [0.2, 0.25) is 0 Å². The molecular weight excluding hydrogens is 312 g/mol. The second-order valence-electron chi connectivity index (χ2n) is 5.11. The third-order valence-corrected chi connectivity index (χ3v) is 5.18. The second kappa shape index (κ2) is 9.66. The van der Waals surface area contributed by atoms with Crippen molar-refractivity contribution in [1.29, 1.82) is 0 Å². The maximum atomic E-state index is 11.9. The summed E-state index contributed by atoms with van der Waals surface area (Å²) < 4.78 is 0. The van der Waals surface area contributed by atoms with Crippen LogP contribution >= 0.6 is 23.1 Å². The lowest BCUT2D eigenvalue weighted by atomic mass is 10.2. The summed E-state index contributed by atoms with van der Waals surface area (Å²) in [7, 11) is 0. The Balaban J connectivity index is 1.55. The SMILES string of the molecule is CC(CC(=O)Nc1ccccc1)NCCSCc1cccs1. The quantitative estimate of drug-likeness (QED) is 0.681. The minimum atomic E-state index is 0.0532. The van der Waals surface area contributed by atoms with Gasteiger partial charge in [-0.2, -0.15) is 11.8 Å². The van der Waals surface area contributed by atoms with E-state index in [1.54, 1.807) is 11.3 Å². The van der Waals surface area contributed by atoms with E-state index >= 15 is 0 Å². The van der Waals surface area contributed by atoms with Gasteiger partial charge in [0.2, 0.25) is 5.91 Å². The fraction of sp³-hybridized carbons (Fsp3) is 0.353. The highest BCUT2D eigenvalue weighted by Crippen LogP contribution is 2.16. The van der Waals surface area contributed by atoms with Crippen LogP contribution < -0.4 is 10.6 Å². The molecule has 22 heavy (non-hydrogen) atoms. The summed E-state index contributed by atoms with van der Waals surface area (Å²) in [6.07, 6.45) is 0.491. The zero-order valence-corrected chi connectivity index (χ0v) is 14.4. The lowest BCUT2D eigenvalue weighted by molar-refractivity contribution is -0.116. The lowest BCUT2D eigenvalue weighted by Crippen LogP contribution is -2.32. The van der Waals surface area contributed by atoms with Crippen LogP contribution in [0.3, 0.4) is 0 Å². The van der Waals surface area contributed by atoms with Gasteiger partial charge in [0.05, 0.1) is 0 Å². The van der Waals surface area contributed by atoms with E-state index in [0.29, 0.717) is 6.42 Å². The maximum absolute atomic E-state index is 11.9. The molecule has 1 amide bonds. The predicted octanol–water partition coefficient (Wildman–Crippen LogP) is 3.99. The molecule has 2 rings (SSSR count). The van der Waals surface area contributed by atoms with Crippen LogP contribution in [-0.2, 0) is 10.5 Å². The van der Waals surface area contributed by atoms with Gasteiger partial charge in [0, 0.05) is 41.1 Å². The number of nitrogens with one attached hydrogen (secondary N) is 2. The van der Waals surface area contributed by atoms with E-state index in [1.807, 2.05) is 42.1 Å². The zero-order valence-electron chi connectivity index (χ0n) is 12.7. The molecule has 1 aromatic heterocycles. The van der Waals surface area contributed by atoms with Crippen molar-refractivity contribution in [1.82, 2.24) is 5.32 Å². The monoisotopic (exact) mass is 334 g/mol. The largest absolute Gasteiger partial charge is 0.326 e. The zero-order chi connectivity index (χ0) is 15.6. The summed E-state index contributed by atoms with van der Waals surface area (Å²) in [5.74, 6) is 2.18. The van der Waals surface area contributed by atoms with Crippen LogP contribution in [0.15, 0.2) is 47.8 Å². The highest BCUT2D eigenvalue weighted by Gasteiger charge is 2.08. The first-order valence-electron chi connectivity index (χ1n) is 7.42. The van der Waals surface area contributed by atoms with Gasteiger partial charge >= 0.3 is 0 Å². The van der Waals surface area contributed by atoms with E-state index in [9.17, 15) is 4.79 Å². The minimum absolute atomic E-state index is 0.0532. The second-order valence-corrected chi connectivity index (χ2v) is 7.24. The van der Waals surface area contributed by atoms with Crippen LogP contribution in [0, 0.1) is 0 Å². The highest BCUT2D eigenvalue weighted by molar-refractivity contribution is 7.98. The molecule has 0 aliphatic heterocycles. The van der Waals surface area contributed by atoms with E-state index in [4.69, 9.17) is 0 Å². The molecule has 1 heterocycles. The van der Waals surface area contributed by atoms with Crippen LogP contribution in [0.1, 0.15) is 18.2 Å². The van der Waals surface area contributed by atoms with Gasteiger partial charge in [-0.3, -0.25) is 4.79 Å². The van der Waals surface area contributed by atoms with E-state index in [1.165, 1.54) is 4.88 Å². The van der Waals surface area contributed by atoms with Gasteiger partial charge in [-0.1, -0.05) is 24.3 Å². The molecule has 0 bridgehead atoms. The Labute approximate surface area is 140 Å². The number of hydrogen-bond acceptors (Lipinski definition) is 4. The number of amides is 1. The predicted molar refractivity (Wildman–Crippen MR) is 97.6 cm³/mol. The van der Waals surface area contributed by atoms with Gasteiger partial charge in [-0.05, 0) is 30.5 Å². The number of thioether (sulfide) groups is 1. The number of rotatable bonds is 9. The third-order valence-electron chi connectivity index (χ3n) is 3.11. The molecule has 0 aliphatic rings. The standard InChI is InChI=1S/C17H22N2OS2/c1-14(12-17(20)19-15-6-3-2-4-7-15)18-9-11-21-13-16-8-5-10-22-16/h2-8,10,14,18H,9,11-13H2,1H3,(H,19,20). The number of anilines is 1. The molecule has 118 valence electrons. The van der Waals surface area contributed by atoms with E-state index in [-0.39, 0.29) is 11.9 Å². The van der Waals surface area contributed by atoms with E-state index < -0.39 is 0 Å². The first-order chi connectivity index (χ1) is 10.7. The Morgan fingerprint density at radius 2 is 2.05 bits per heavy atom. The van der Waals surface area contributed by atoms with Gasteiger partial charge in [0.25, 0.3) is 0 Å². The average Bonchev–Trinajstić information content (AvgIpc) is 3.01. The summed E-state index contributed by atoms with van der Waals surface area (Å²) in [6.45, 7) is 2.98. The van der Waals surface area contributed by atoms with E-state index in [0.717, 1.165) is 23.7 Å². The van der Waals surface area contributed by atoms with Gasteiger partial charge < -0.3 is 10.6 Å². The van der Waals surface area contributed by atoms with Crippen molar-refractivity contribution in [2.24, 2.45) is 0 Å². The molecule has 1 unspecified atom stereocenters. The number of hydrogen-bond donors (Lipinski definition) is 2. The summed E-state index contributed by atoms with van der Waals surface area (Å²) in [4.78, 5) is 13.3. The molecule has 2 aromatic rings. The molecule has 1 aromatic carbocycles. The van der Waals surface area contributed by atoms with Crippen LogP contribution in [0.5, 0.6) is 0 Å². The molecular formula is C17H22N2OS2. The molecule has 3 nitrogen and oxygen atoms in total.